The van der Waals surface area contributed by atoms with Crippen LogP contribution < -0.4 is 10.6 Å². The Morgan fingerprint density at radius 1 is 1.59 bits per heavy atom. The molecule has 0 bridgehead atoms. The third-order valence-corrected chi connectivity index (χ3v) is 3.05. The van der Waals surface area contributed by atoms with Crippen molar-refractivity contribution in [2.75, 3.05) is 18.0 Å². The van der Waals surface area contributed by atoms with E-state index in [1.165, 1.54) is 12.8 Å². The number of nitrogen functional groups attached to an aromatic ring is 1. The van der Waals surface area contributed by atoms with Crippen LogP contribution in [0.25, 0.3) is 0 Å². The lowest BCUT2D eigenvalue weighted by Crippen LogP contribution is -2.27. The van der Waals surface area contributed by atoms with Gasteiger partial charge in [0.15, 0.2) is 0 Å². The highest BCUT2D eigenvalue weighted by molar-refractivity contribution is 5.93. The van der Waals surface area contributed by atoms with E-state index in [4.69, 9.17) is 11.1 Å². The van der Waals surface area contributed by atoms with Gasteiger partial charge in [0.05, 0.1) is 0 Å². The molecule has 0 aliphatic heterocycles. The highest BCUT2D eigenvalue weighted by Gasteiger charge is 2.24. The molecular formula is C13H20N4. The normalized spacial score (nSPS) is 14.6. The fraction of sp³-hybridized carbons (Fsp3) is 0.538. The van der Waals surface area contributed by atoms with Crippen LogP contribution in [-0.2, 0) is 0 Å². The number of anilines is 1. The van der Waals surface area contributed by atoms with Crippen LogP contribution in [0, 0.1) is 11.3 Å². The Kier molecular flexibility index (Phi) is 3.61. The number of aromatic nitrogens is 1. The summed E-state index contributed by atoms with van der Waals surface area (Å²) in [6, 6.07) is 3.92. The van der Waals surface area contributed by atoms with Gasteiger partial charge in [0.1, 0.15) is 11.5 Å². The van der Waals surface area contributed by atoms with Gasteiger partial charge < -0.3 is 10.6 Å². The molecule has 3 N–H and O–H groups in total. The van der Waals surface area contributed by atoms with E-state index in [2.05, 4.69) is 16.8 Å². The number of rotatable bonds is 6. The number of pyridine rings is 1. The third kappa shape index (κ3) is 3.19. The fourth-order valence-electron chi connectivity index (χ4n) is 1.97. The molecule has 0 saturated heterocycles. The molecule has 1 saturated carbocycles. The summed E-state index contributed by atoms with van der Waals surface area (Å²) in [7, 11) is 0. The van der Waals surface area contributed by atoms with Gasteiger partial charge in [-0.15, -0.1) is 0 Å². The maximum Gasteiger partial charge on any atom is 0.141 e. The predicted octanol–water partition coefficient (Wildman–Crippen LogP) is 1.99. The molecule has 4 nitrogen and oxygen atoms in total. The Morgan fingerprint density at radius 3 is 2.94 bits per heavy atom. The van der Waals surface area contributed by atoms with E-state index in [1.54, 1.807) is 6.20 Å². The van der Waals surface area contributed by atoms with E-state index in [0.717, 1.165) is 31.1 Å². The molecule has 92 valence electrons. The van der Waals surface area contributed by atoms with Gasteiger partial charge in [-0.25, -0.2) is 0 Å². The van der Waals surface area contributed by atoms with Gasteiger partial charge in [-0.05, 0) is 37.3 Å². The summed E-state index contributed by atoms with van der Waals surface area (Å²) in [4.78, 5) is 6.48. The quantitative estimate of drug-likeness (QED) is 0.582. The zero-order valence-electron chi connectivity index (χ0n) is 10.3. The lowest BCUT2D eigenvalue weighted by Gasteiger charge is -2.24. The highest BCUT2D eigenvalue weighted by atomic mass is 15.1. The van der Waals surface area contributed by atoms with Gasteiger partial charge in [0.25, 0.3) is 0 Å². The van der Waals surface area contributed by atoms with Crippen LogP contribution in [0.2, 0.25) is 0 Å². The standard InChI is InChI=1S/C13H20N4/c1-2-7-17(9-10-3-4-10)11-5-6-16-12(8-11)13(14)15/h5-6,8,10H,2-4,7,9H2,1H3,(H3,14,15). The van der Waals surface area contributed by atoms with Crippen molar-refractivity contribution in [2.45, 2.75) is 26.2 Å². The zero-order chi connectivity index (χ0) is 12.3. The Hall–Kier alpha value is -1.58. The zero-order valence-corrected chi connectivity index (χ0v) is 10.3. The van der Waals surface area contributed by atoms with Crippen molar-refractivity contribution in [3.63, 3.8) is 0 Å². The van der Waals surface area contributed by atoms with Crippen LogP contribution in [0.1, 0.15) is 31.9 Å². The molecule has 1 aliphatic carbocycles. The number of nitrogens with one attached hydrogen (secondary N) is 1. The van der Waals surface area contributed by atoms with Crippen molar-refractivity contribution < 1.29 is 0 Å². The SMILES string of the molecule is CCCN(CC1CC1)c1ccnc(C(=N)N)c1. The van der Waals surface area contributed by atoms with E-state index in [0.29, 0.717) is 5.69 Å². The Balaban J connectivity index is 2.15. The molecule has 0 unspecified atom stereocenters. The molecule has 0 atom stereocenters. The van der Waals surface area contributed by atoms with Crippen LogP contribution in [0.3, 0.4) is 0 Å². The molecule has 17 heavy (non-hydrogen) atoms. The minimum atomic E-state index is 0.0368. The molecular weight excluding hydrogens is 212 g/mol. The van der Waals surface area contributed by atoms with E-state index in [9.17, 15) is 0 Å². The summed E-state index contributed by atoms with van der Waals surface area (Å²) in [6.07, 6.45) is 5.57. The Bertz CT molecular complexity index is 398. The van der Waals surface area contributed by atoms with Gasteiger partial charge in [-0.3, -0.25) is 10.4 Å². The first-order valence-corrected chi connectivity index (χ1v) is 6.26. The lowest BCUT2D eigenvalue weighted by molar-refractivity contribution is 0.707. The van der Waals surface area contributed by atoms with Crippen molar-refractivity contribution in [1.29, 1.82) is 5.41 Å². The largest absolute Gasteiger partial charge is 0.382 e. The highest BCUT2D eigenvalue weighted by Crippen LogP contribution is 2.31. The van der Waals surface area contributed by atoms with Crippen LogP contribution in [0.5, 0.6) is 0 Å². The summed E-state index contributed by atoms with van der Waals surface area (Å²) >= 11 is 0. The van der Waals surface area contributed by atoms with Crippen LogP contribution >= 0.6 is 0 Å². The van der Waals surface area contributed by atoms with Gasteiger partial charge in [0, 0.05) is 25.0 Å². The molecule has 0 aromatic carbocycles. The van der Waals surface area contributed by atoms with E-state index in [1.807, 2.05) is 12.1 Å². The molecule has 0 radical (unpaired) electrons. The minimum absolute atomic E-state index is 0.0368. The van der Waals surface area contributed by atoms with Crippen LogP contribution in [0.15, 0.2) is 18.3 Å². The molecule has 1 heterocycles. The van der Waals surface area contributed by atoms with E-state index < -0.39 is 0 Å². The van der Waals surface area contributed by atoms with Crippen molar-refractivity contribution in [1.82, 2.24) is 4.98 Å². The third-order valence-electron chi connectivity index (χ3n) is 3.05. The van der Waals surface area contributed by atoms with Crippen LogP contribution in [0.4, 0.5) is 5.69 Å². The number of nitrogens with zero attached hydrogens (tertiary/aromatic N) is 2. The molecule has 2 rings (SSSR count). The first-order chi connectivity index (χ1) is 8.20. The Morgan fingerprint density at radius 2 is 2.35 bits per heavy atom. The average Bonchev–Trinajstić information content (AvgIpc) is 3.12. The number of hydrogen-bond donors (Lipinski definition) is 2. The Labute approximate surface area is 102 Å². The summed E-state index contributed by atoms with van der Waals surface area (Å²) in [5.41, 5.74) is 7.18. The van der Waals surface area contributed by atoms with E-state index in [-0.39, 0.29) is 5.84 Å². The van der Waals surface area contributed by atoms with Crippen molar-refractivity contribution in [3.8, 4) is 0 Å². The fourth-order valence-corrected chi connectivity index (χ4v) is 1.97. The monoisotopic (exact) mass is 232 g/mol. The van der Waals surface area contributed by atoms with Gasteiger partial charge in [0.2, 0.25) is 0 Å². The summed E-state index contributed by atoms with van der Waals surface area (Å²) < 4.78 is 0. The van der Waals surface area contributed by atoms with Gasteiger partial charge in [-0.1, -0.05) is 6.92 Å². The van der Waals surface area contributed by atoms with Crippen LogP contribution in [-0.4, -0.2) is 23.9 Å². The molecule has 1 aliphatic rings. The molecule has 0 spiro atoms. The van der Waals surface area contributed by atoms with Gasteiger partial charge >= 0.3 is 0 Å². The maximum absolute atomic E-state index is 7.43. The minimum Gasteiger partial charge on any atom is -0.382 e. The number of amidine groups is 1. The molecule has 1 aromatic heterocycles. The topological polar surface area (TPSA) is 66.0 Å². The van der Waals surface area contributed by atoms with Crippen molar-refractivity contribution >= 4 is 11.5 Å². The average molecular weight is 232 g/mol. The molecule has 0 amide bonds. The maximum atomic E-state index is 7.43. The summed E-state index contributed by atoms with van der Waals surface area (Å²) in [5.74, 6) is 0.894. The number of hydrogen-bond acceptors (Lipinski definition) is 3. The molecule has 1 fully saturated rings. The summed E-state index contributed by atoms with van der Waals surface area (Å²) in [6.45, 7) is 4.36. The molecule has 4 heteroatoms. The van der Waals surface area contributed by atoms with Crippen molar-refractivity contribution in [2.24, 2.45) is 11.7 Å². The van der Waals surface area contributed by atoms with Gasteiger partial charge in [-0.2, -0.15) is 0 Å². The number of nitrogens with two attached hydrogens (primary N) is 1. The molecule has 1 aromatic rings. The van der Waals surface area contributed by atoms with E-state index >= 15 is 0 Å². The predicted molar refractivity (Wildman–Crippen MR) is 70.5 cm³/mol. The smallest absolute Gasteiger partial charge is 0.141 e. The summed E-state index contributed by atoms with van der Waals surface area (Å²) in [5, 5.41) is 7.43. The van der Waals surface area contributed by atoms with Crippen molar-refractivity contribution in [3.05, 3.63) is 24.0 Å². The second kappa shape index (κ2) is 5.17. The lowest BCUT2D eigenvalue weighted by atomic mass is 10.2. The first kappa shape index (κ1) is 11.9. The second-order valence-corrected chi connectivity index (χ2v) is 4.70. The first-order valence-electron chi connectivity index (χ1n) is 6.26. The second-order valence-electron chi connectivity index (χ2n) is 4.70.